The Balaban J connectivity index is 2.00. The molecule has 0 spiro atoms. The number of hydrogen-bond acceptors (Lipinski definition) is 7. The topological polar surface area (TPSA) is 75.2 Å². The lowest BCUT2D eigenvalue weighted by Gasteiger charge is -2.19. The van der Waals surface area contributed by atoms with Gasteiger partial charge in [-0.15, -0.1) is 0 Å². The molecule has 1 atom stereocenters. The lowest BCUT2D eigenvalue weighted by molar-refractivity contribution is 0.311. The van der Waals surface area contributed by atoms with Crippen molar-refractivity contribution >= 4 is 11.9 Å². The van der Waals surface area contributed by atoms with Crippen LogP contribution < -0.4 is 15.4 Å². The lowest BCUT2D eigenvalue weighted by Crippen LogP contribution is -2.32. The summed E-state index contributed by atoms with van der Waals surface area (Å²) >= 11 is 0. The Bertz CT molecular complexity index is 441. The Morgan fingerprint density at radius 3 is 2.57 bits per heavy atom. The number of likely N-dealkylation sites (tertiary alicyclic amines) is 1. The summed E-state index contributed by atoms with van der Waals surface area (Å²) in [5.74, 6) is 1.14. The maximum absolute atomic E-state index is 5.41. The van der Waals surface area contributed by atoms with Crippen molar-refractivity contribution in [3.8, 4) is 6.01 Å². The Kier molecular flexibility index (Phi) is 5.98. The Morgan fingerprint density at radius 1 is 1.19 bits per heavy atom. The predicted molar refractivity (Wildman–Crippen MR) is 83.9 cm³/mol. The summed E-state index contributed by atoms with van der Waals surface area (Å²) in [6, 6.07) is 0.915. The molecule has 1 fully saturated rings. The van der Waals surface area contributed by atoms with Gasteiger partial charge in [0.25, 0.3) is 0 Å². The highest BCUT2D eigenvalue weighted by molar-refractivity contribution is 5.36. The zero-order valence-electron chi connectivity index (χ0n) is 13.2. The molecule has 0 bridgehead atoms. The second kappa shape index (κ2) is 7.97. The average molecular weight is 294 g/mol. The van der Waals surface area contributed by atoms with Crippen LogP contribution >= 0.6 is 0 Å². The third-order valence-corrected chi connectivity index (χ3v) is 3.59. The van der Waals surface area contributed by atoms with E-state index in [1.165, 1.54) is 12.8 Å². The Hall–Kier alpha value is -1.63. The van der Waals surface area contributed by atoms with E-state index >= 15 is 0 Å². The van der Waals surface area contributed by atoms with Crippen LogP contribution in [0.2, 0.25) is 0 Å². The second-order valence-corrected chi connectivity index (χ2v) is 5.28. The van der Waals surface area contributed by atoms with Crippen molar-refractivity contribution in [1.29, 1.82) is 0 Å². The molecule has 1 aliphatic rings. The van der Waals surface area contributed by atoms with Gasteiger partial charge in [0, 0.05) is 19.1 Å². The van der Waals surface area contributed by atoms with Crippen molar-refractivity contribution in [3.05, 3.63) is 0 Å². The molecule has 1 unspecified atom stereocenters. The number of likely N-dealkylation sites (N-methyl/N-ethyl adjacent to an activating group) is 1. The first kappa shape index (κ1) is 15.8. The molecule has 1 aromatic heterocycles. The first-order valence-electron chi connectivity index (χ1n) is 7.79. The molecular weight excluding hydrogens is 268 g/mol. The number of hydrogen-bond donors (Lipinski definition) is 2. The molecule has 0 aliphatic carbocycles. The van der Waals surface area contributed by atoms with E-state index in [-0.39, 0.29) is 0 Å². The highest BCUT2D eigenvalue weighted by Gasteiger charge is 2.20. The molecule has 7 nitrogen and oxygen atoms in total. The van der Waals surface area contributed by atoms with E-state index in [1.54, 1.807) is 0 Å². The van der Waals surface area contributed by atoms with E-state index in [2.05, 4.69) is 44.5 Å². The molecule has 118 valence electrons. The van der Waals surface area contributed by atoms with Crippen molar-refractivity contribution in [2.45, 2.75) is 39.2 Å². The summed E-state index contributed by atoms with van der Waals surface area (Å²) in [6.45, 7) is 7.41. The van der Waals surface area contributed by atoms with Gasteiger partial charge in [0.2, 0.25) is 11.9 Å². The number of ether oxygens (including phenoxy) is 1. The van der Waals surface area contributed by atoms with E-state index in [4.69, 9.17) is 4.74 Å². The zero-order chi connectivity index (χ0) is 15.1. The molecule has 2 heterocycles. The van der Waals surface area contributed by atoms with E-state index in [0.29, 0.717) is 30.6 Å². The quantitative estimate of drug-likeness (QED) is 0.754. The Morgan fingerprint density at radius 2 is 1.95 bits per heavy atom. The van der Waals surface area contributed by atoms with Crippen LogP contribution in [0.3, 0.4) is 0 Å². The standard InChI is InChI=1S/C14H26N6O/c1-4-8-15-12-17-13(19-14(18-12)21-5-2)16-10-11-7-6-9-20(11)3/h11H,4-10H2,1-3H3,(H2,15,16,17,18,19). The fourth-order valence-electron chi connectivity index (χ4n) is 2.39. The van der Waals surface area contributed by atoms with Gasteiger partial charge in [0.05, 0.1) is 6.61 Å². The number of rotatable bonds is 8. The molecule has 21 heavy (non-hydrogen) atoms. The van der Waals surface area contributed by atoms with Gasteiger partial charge < -0.3 is 20.3 Å². The van der Waals surface area contributed by atoms with Gasteiger partial charge in [-0.2, -0.15) is 15.0 Å². The zero-order valence-corrected chi connectivity index (χ0v) is 13.2. The van der Waals surface area contributed by atoms with E-state index in [1.807, 2.05) is 6.92 Å². The van der Waals surface area contributed by atoms with Crippen molar-refractivity contribution in [3.63, 3.8) is 0 Å². The molecular formula is C14H26N6O. The van der Waals surface area contributed by atoms with Gasteiger partial charge in [-0.05, 0) is 39.8 Å². The first-order valence-corrected chi connectivity index (χ1v) is 7.79. The summed E-state index contributed by atoms with van der Waals surface area (Å²) in [4.78, 5) is 15.3. The lowest BCUT2D eigenvalue weighted by atomic mass is 10.2. The largest absolute Gasteiger partial charge is 0.464 e. The summed E-state index contributed by atoms with van der Waals surface area (Å²) < 4.78 is 5.41. The summed E-state index contributed by atoms with van der Waals surface area (Å²) in [5.41, 5.74) is 0. The van der Waals surface area contributed by atoms with Gasteiger partial charge in [0.1, 0.15) is 0 Å². The number of nitrogens with one attached hydrogen (secondary N) is 2. The van der Waals surface area contributed by atoms with Crippen LogP contribution in [0.5, 0.6) is 6.01 Å². The molecule has 1 saturated heterocycles. The number of anilines is 2. The molecule has 2 rings (SSSR count). The van der Waals surface area contributed by atoms with Gasteiger partial charge in [-0.25, -0.2) is 0 Å². The van der Waals surface area contributed by atoms with Gasteiger partial charge in [0.15, 0.2) is 0 Å². The third-order valence-electron chi connectivity index (χ3n) is 3.59. The van der Waals surface area contributed by atoms with Crippen molar-refractivity contribution in [1.82, 2.24) is 19.9 Å². The second-order valence-electron chi connectivity index (χ2n) is 5.28. The van der Waals surface area contributed by atoms with Gasteiger partial charge in [-0.1, -0.05) is 6.92 Å². The number of nitrogens with zero attached hydrogens (tertiary/aromatic N) is 4. The van der Waals surface area contributed by atoms with Crippen molar-refractivity contribution in [2.75, 3.05) is 43.9 Å². The van der Waals surface area contributed by atoms with Crippen LogP contribution in [0.1, 0.15) is 33.1 Å². The van der Waals surface area contributed by atoms with Crippen LogP contribution in [-0.2, 0) is 0 Å². The van der Waals surface area contributed by atoms with E-state index in [0.717, 1.165) is 26.1 Å². The van der Waals surface area contributed by atoms with Crippen LogP contribution in [0.15, 0.2) is 0 Å². The third kappa shape index (κ3) is 4.70. The minimum atomic E-state index is 0.369. The minimum Gasteiger partial charge on any atom is -0.464 e. The highest BCUT2D eigenvalue weighted by atomic mass is 16.5. The van der Waals surface area contributed by atoms with Crippen molar-refractivity contribution < 1.29 is 4.74 Å². The van der Waals surface area contributed by atoms with Gasteiger partial charge >= 0.3 is 6.01 Å². The molecule has 0 aromatic carbocycles. The maximum atomic E-state index is 5.41. The van der Waals surface area contributed by atoms with Crippen LogP contribution in [0.4, 0.5) is 11.9 Å². The summed E-state index contributed by atoms with van der Waals surface area (Å²) in [6.07, 6.45) is 3.49. The smallest absolute Gasteiger partial charge is 0.323 e. The molecule has 0 amide bonds. The van der Waals surface area contributed by atoms with Crippen LogP contribution in [-0.4, -0.2) is 59.2 Å². The molecule has 2 N–H and O–H groups in total. The maximum Gasteiger partial charge on any atom is 0.323 e. The average Bonchev–Trinajstić information content (AvgIpc) is 2.88. The highest BCUT2D eigenvalue weighted by Crippen LogP contribution is 2.16. The summed E-state index contributed by atoms with van der Waals surface area (Å²) in [7, 11) is 2.16. The Labute approximate surface area is 126 Å². The summed E-state index contributed by atoms with van der Waals surface area (Å²) in [5, 5.41) is 6.49. The van der Waals surface area contributed by atoms with Crippen molar-refractivity contribution in [2.24, 2.45) is 0 Å². The molecule has 1 aromatic rings. The monoisotopic (exact) mass is 294 g/mol. The SMILES string of the molecule is CCCNc1nc(NCC2CCCN2C)nc(OCC)n1. The first-order chi connectivity index (χ1) is 10.2. The molecule has 7 heteroatoms. The molecule has 0 saturated carbocycles. The van der Waals surface area contributed by atoms with Gasteiger partial charge in [-0.3, -0.25) is 0 Å². The normalized spacial score (nSPS) is 18.7. The van der Waals surface area contributed by atoms with E-state index < -0.39 is 0 Å². The fraction of sp³-hybridized carbons (Fsp3) is 0.786. The number of aromatic nitrogens is 3. The van der Waals surface area contributed by atoms with E-state index in [9.17, 15) is 0 Å². The molecule has 1 aliphatic heterocycles. The molecule has 0 radical (unpaired) electrons. The minimum absolute atomic E-state index is 0.369. The van der Waals surface area contributed by atoms with Crippen LogP contribution in [0, 0.1) is 0 Å². The fourth-order valence-corrected chi connectivity index (χ4v) is 2.39. The predicted octanol–water partition coefficient (Wildman–Crippen LogP) is 1.60. The van der Waals surface area contributed by atoms with Crippen LogP contribution in [0.25, 0.3) is 0 Å².